The Morgan fingerprint density at radius 3 is 2.12 bits per heavy atom. The molecule has 0 radical (unpaired) electrons. The Kier molecular flexibility index (Phi) is 5.94. The van der Waals surface area contributed by atoms with E-state index >= 15 is 0 Å². The van der Waals surface area contributed by atoms with Crippen LogP contribution in [0.25, 0.3) is 10.9 Å². The van der Waals surface area contributed by atoms with Gasteiger partial charge in [-0.2, -0.15) is 0 Å². The van der Waals surface area contributed by atoms with Crippen molar-refractivity contribution < 1.29 is 14.5 Å². The van der Waals surface area contributed by atoms with Gasteiger partial charge >= 0.3 is 0 Å². The molecule has 1 aromatic heterocycles. The standard InChI is InChI=1S/C24H20N4O4/c29-22(25-16-7-3-1-4-8-16)14-12-19-20-15-18(28(31)32)11-13-21(20)27-23(19)24(30)26-17-9-5-2-6-10-17/h1-11,13,15,27H,12,14H2,(H,25,29)(H,26,30). The average Bonchev–Trinajstić information content (AvgIpc) is 3.17. The van der Waals surface area contributed by atoms with Crippen LogP contribution >= 0.6 is 0 Å². The summed E-state index contributed by atoms with van der Waals surface area (Å²) in [6, 6.07) is 22.4. The molecule has 0 atom stereocenters. The van der Waals surface area contributed by atoms with Crippen molar-refractivity contribution in [3.05, 3.63) is 100 Å². The number of hydrogen-bond acceptors (Lipinski definition) is 4. The van der Waals surface area contributed by atoms with Crippen molar-refractivity contribution in [2.45, 2.75) is 12.8 Å². The Hall–Kier alpha value is -4.46. The molecule has 0 aliphatic rings. The molecule has 4 rings (SSSR count). The molecule has 0 saturated carbocycles. The van der Waals surface area contributed by atoms with Crippen molar-refractivity contribution in [3.8, 4) is 0 Å². The molecule has 0 spiro atoms. The third-order valence-corrected chi connectivity index (χ3v) is 5.02. The van der Waals surface area contributed by atoms with E-state index in [4.69, 9.17) is 0 Å². The zero-order chi connectivity index (χ0) is 22.5. The van der Waals surface area contributed by atoms with Gasteiger partial charge in [-0.15, -0.1) is 0 Å². The number of carbonyl (C=O) groups excluding carboxylic acids is 2. The lowest BCUT2D eigenvalue weighted by Gasteiger charge is -2.08. The number of hydrogen-bond donors (Lipinski definition) is 3. The highest BCUT2D eigenvalue weighted by Crippen LogP contribution is 2.28. The number of benzene rings is 3. The highest BCUT2D eigenvalue weighted by Gasteiger charge is 2.21. The van der Waals surface area contributed by atoms with Crippen molar-refractivity contribution >= 4 is 39.8 Å². The van der Waals surface area contributed by atoms with Gasteiger partial charge in [-0.25, -0.2) is 0 Å². The van der Waals surface area contributed by atoms with Gasteiger partial charge in [-0.3, -0.25) is 19.7 Å². The fourth-order valence-corrected chi connectivity index (χ4v) is 3.50. The number of fused-ring (bicyclic) bond motifs is 1. The van der Waals surface area contributed by atoms with E-state index in [1.807, 2.05) is 24.3 Å². The Balaban J connectivity index is 1.63. The van der Waals surface area contributed by atoms with Gasteiger partial charge in [0.2, 0.25) is 5.91 Å². The quantitative estimate of drug-likeness (QED) is 0.287. The van der Waals surface area contributed by atoms with Crippen LogP contribution in [0.3, 0.4) is 0 Å². The molecule has 4 aromatic rings. The topological polar surface area (TPSA) is 117 Å². The smallest absolute Gasteiger partial charge is 0.272 e. The summed E-state index contributed by atoms with van der Waals surface area (Å²) in [4.78, 5) is 39.3. The van der Waals surface area contributed by atoms with E-state index < -0.39 is 4.92 Å². The summed E-state index contributed by atoms with van der Waals surface area (Å²) in [6.45, 7) is 0. The van der Waals surface area contributed by atoms with Crippen LogP contribution in [0.5, 0.6) is 0 Å². The fourth-order valence-electron chi connectivity index (χ4n) is 3.50. The first-order valence-electron chi connectivity index (χ1n) is 10.0. The number of H-pyrrole nitrogens is 1. The average molecular weight is 428 g/mol. The number of nitro groups is 1. The summed E-state index contributed by atoms with van der Waals surface area (Å²) in [6.07, 6.45) is 0.341. The maximum absolute atomic E-state index is 13.0. The van der Waals surface area contributed by atoms with Crippen molar-refractivity contribution in [2.75, 3.05) is 10.6 Å². The zero-order valence-electron chi connectivity index (χ0n) is 17.0. The molecule has 3 N–H and O–H groups in total. The SMILES string of the molecule is O=C(CCc1c(C(=O)Nc2ccccc2)[nH]c2ccc([N+](=O)[O-])cc12)Nc1ccccc1. The van der Waals surface area contributed by atoms with Crippen LogP contribution in [0.15, 0.2) is 78.9 Å². The molecule has 32 heavy (non-hydrogen) atoms. The fraction of sp³-hybridized carbons (Fsp3) is 0.0833. The van der Waals surface area contributed by atoms with Gasteiger partial charge in [0.25, 0.3) is 11.6 Å². The lowest BCUT2D eigenvalue weighted by Crippen LogP contribution is -2.16. The number of non-ortho nitro benzene ring substituents is 1. The van der Waals surface area contributed by atoms with Gasteiger partial charge in [-0.05, 0) is 42.3 Å². The van der Waals surface area contributed by atoms with Crippen LogP contribution in [0.4, 0.5) is 17.1 Å². The lowest BCUT2D eigenvalue weighted by molar-refractivity contribution is -0.384. The highest BCUT2D eigenvalue weighted by atomic mass is 16.6. The third-order valence-electron chi connectivity index (χ3n) is 5.02. The minimum absolute atomic E-state index is 0.0819. The van der Waals surface area contributed by atoms with Gasteiger partial charge in [-0.1, -0.05) is 36.4 Å². The Labute approximate surface area is 183 Å². The summed E-state index contributed by atoms with van der Waals surface area (Å²) in [5, 5.41) is 17.4. The van der Waals surface area contributed by atoms with Gasteiger partial charge in [0.05, 0.1) is 4.92 Å². The number of aryl methyl sites for hydroxylation is 1. The van der Waals surface area contributed by atoms with Crippen molar-refractivity contribution in [1.29, 1.82) is 0 Å². The summed E-state index contributed by atoms with van der Waals surface area (Å²) in [5.74, 6) is -0.598. The second-order valence-corrected chi connectivity index (χ2v) is 7.20. The summed E-state index contributed by atoms with van der Waals surface area (Å²) in [7, 11) is 0. The third kappa shape index (κ3) is 4.65. The number of nitro benzene ring substituents is 1. The maximum atomic E-state index is 13.0. The molecule has 0 bridgehead atoms. The predicted octanol–water partition coefficient (Wildman–Crippen LogP) is 4.90. The van der Waals surface area contributed by atoms with Crippen LogP contribution in [0, 0.1) is 10.1 Å². The monoisotopic (exact) mass is 428 g/mol. The van der Waals surface area contributed by atoms with E-state index in [0.29, 0.717) is 27.8 Å². The molecule has 160 valence electrons. The van der Waals surface area contributed by atoms with E-state index in [0.717, 1.165) is 0 Å². The summed E-state index contributed by atoms with van der Waals surface area (Å²) < 4.78 is 0. The van der Waals surface area contributed by atoms with Gasteiger partial charge in [0.1, 0.15) is 5.69 Å². The van der Waals surface area contributed by atoms with Crippen LogP contribution in [-0.2, 0) is 11.2 Å². The van der Waals surface area contributed by atoms with Crippen LogP contribution in [0.1, 0.15) is 22.5 Å². The highest BCUT2D eigenvalue weighted by molar-refractivity contribution is 6.08. The van der Waals surface area contributed by atoms with E-state index in [-0.39, 0.29) is 36.0 Å². The molecule has 8 heteroatoms. The molecular weight excluding hydrogens is 408 g/mol. The van der Waals surface area contributed by atoms with Crippen LogP contribution in [0.2, 0.25) is 0 Å². The number of aromatic nitrogens is 1. The summed E-state index contributed by atoms with van der Waals surface area (Å²) >= 11 is 0. The van der Waals surface area contributed by atoms with Gasteiger partial charge in [0.15, 0.2) is 0 Å². The normalized spacial score (nSPS) is 10.6. The van der Waals surface area contributed by atoms with Crippen molar-refractivity contribution in [1.82, 2.24) is 4.98 Å². The molecule has 0 fully saturated rings. The molecule has 2 amide bonds. The largest absolute Gasteiger partial charge is 0.350 e. The molecule has 0 unspecified atom stereocenters. The number of anilines is 2. The molecule has 8 nitrogen and oxygen atoms in total. The molecule has 0 aliphatic carbocycles. The Morgan fingerprint density at radius 2 is 1.50 bits per heavy atom. The van der Waals surface area contributed by atoms with Gasteiger partial charge < -0.3 is 15.6 Å². The Bertz CT molecular complexity index is 1280. The zero-order valence-corrected chi connectivity index (χ0v) is 17.0. The first-order chi connectivity index (χ1) is 15.5. The van der Waals surface area contributed by atoms with Crippen LogP contribution < -0.4 is 10.6 Å². The number of rotatable bonds is 7. The maximum Gasteiger partial charge on any atom is 0.272 e. The molecule has 1 heterocycles. The first kappa shape index (κ1) is 20.8. The number of aromatic amines is 1. The predicted molar refractivity (Wildman–Crippen MR) is 123 cm³/mol. The minimum atomic E-state index is -0.484. The second-order valence-electron chi connectivity index (χ2n) is 7.20. The number of nitrogens with one attached hydrogen (secondary N) is 3. The lowest BCUT2D eigenvalue weighted by atomic mass is 10.0. The number of para-hydroxylation sites is 2. The molecule has 3 aromatic carbocycles. The van der Waals surface area contributed by atoms with E-state index in [1.54, 1.807) is 42.5 Å². The van der Waals surface area contributed by atoms with Crippen LogP contribution in [-0.4, -0.2) is 21.7 Å². The van der Waals surface area contributed by atoms with Gasteiger partial charge in [0, 0.05) is 40.8 Å². The molecule has 0 saturated heterocycles. The minimum Gasteiger partial charge on any atom is -0.350 e. The molecular formula is C24H20N4O4. The molecule has 0 aliphatic heterocycles. The van der Waals surface area contributed by atoms with Crippen molar-refractivity contribution in [3.63, 3.8) is 0 Å². The number of carbonyl (C=O) groups is 2. The number of amides is 2. The van der Waals surface area contributed by atoms with E-state index in [2.05, 4.69) is 15.6 Å². The number of nitrogens with zero attached hydrogens (tertiary/aromatic N) is 1. The summed E-state index contributed by atoms with van der Waals surface area (Å²) in [5.41, 5.74) is 2.63. The van der Waals surface area contributed by atoms with Crippen molar-refractivity contribution in [2.24, 2.45) is 0 Å². The second kappa shape index (κ2) is 9.13. The van der Waals surface area contributed by atoms with E-state index in [1.165, 1.54) is 12.1 Å². The Morgan fingerprint density at radius 1 is 0.875 bits per heavy atom. The van der Waals surface area contributed by atoms with E-state index in [9.17, 15) is 19.7 Å². The first-order valence-corrected chi connectivity index (χ1v) is 10.0.